The second-order valence-corrected chi connectivity index (χ2v) is 3.43. The molecule has 0 aromatic carbocycles. The molecule has 2 N–H and O–H groups in total. The Morgan fingerprint density at radius 2 is 2.13 bits per heavy atom. The van der Waals surface area contributed by atoms with E-state index in [2.05, 4.69) is 5.32 Å². The summed E-state index contributed by atoms with van der Waals surface area (Å²) in [5, 5.41) is 10.9. The van der Waals surface area contributed by atoms with E-state index in [1.54, 1.807) is 0 Å². The average Bonchev–Trinajstić information content (AvgIpc) is 2.46. The molecule has 1 aliphatic heterocycles. The summed E-state index contributed by atoms with van der Waals surface area (Å²) in [6, 6.07) is -1.45. The number of alkyl halides is 2. The predicted octanol–water partition coefficient (Wildman–Crippen LogP) is -0.473. The van der Waals surface area contributed by atoms with Crippen LogP contribution in [0.2, 0.25) is 0 Å². The normalized spacial score (nSPS) is 21.4. The first kappa shape index (κ1) is 11.8. The highest BCUT2D eigenvalue weighted by atomic mass is 19.3. The van der Waals surface area contributed by atoms with Gasteiger partial charge in [-0.25, -0.2) is 13.6 Å². The third kappa shape index (κ3) is 2.62. The standard InChI is InChI=1S/C8H12F2N2O3/c1-11-5(7(14)15)6(13)12-3-2-8(9,10)4-12/h5,11H,2-4H2,1H3,(H,14,15). The van der Waals surface area contributed by atoms with E-state index in [9.17, 15) is 18.4 Å². The van der Waals surface area contributed by atoms with E-state index in [1.807, 2.05) is 0 Å². The lowest BCUT2D eigenvalue weighted by molar-refractivity contribution is -0.147. The summed E-state index contributed by atoms with van der Waals surface area (Å²) in [5.74, 6) is -5.08. The molecule has 1 atom stereocenters. The number of hydrogen-bond donors (Lipinski definition) is 2. The van der Waals surface area contributed by atoms with Crippen molar-refractivity contribution in [1.29, 1.82) is 0 Å². The van der Waals surface area contributed by atoms with Gasteiger partial charge in [0.05, 0.1) is 6.54 Å². The number of carboxylic acids is 1. The molecular weight excluding hydrogens is 210 g/mol. The van der Waals surface area contributed by atoms with Gasteiger partial charge in [0.15, 0.2) is 6.04 Å². The van der Waals surface area contributed by atoms with Gasteiger partial charge in [-0.05, 0) is 7.05 Å². The SMILES string of the molecule is CNC(C(=O)O)C(=O)N1CCC(F)(F)C1. The Balaban J connectivity index is 2.65. The molecule has 7 heteroatoms. The number of halogens is 2. The van der Waals surface area contributed by atoms with E-state index >= 15 is 0 Å². The molecular formula is C8H12F2N2O3. The Morgan fingerprint density at radius 3 is 2.47 bits per heavy atom. The van der Waals surface area contributed by atoms with E-state index in [0.29, 0.717) is 0 Å². The molecule has 15 heavy (non-hydrogen) atoms. The third-order valence-corrected chi connectivity index (χ3v) is 2.26. The van der Waals surface area contributed by atoms with Crippen LogP contribution in [0, 0.1) is 0 Å². The van der Waals surface area contributed by atoms with Crippen LogP contribution in [0.1, 0.15) is 6.42 Å². The van der Waals surface area contributed by atoms with E-state index in [0.717, 1.165) is 4.90 Å². The number of hydrogen-bond acceptors (Lipinski definition) is 3. The van der Waals surface area contributed by atoms with Gasteiger partial charge in [-0.2, -0.15) is 0 Å². The number of aliphatic carboxylic acids is 1. The molecule has 0 radical (unpaired) electrons. The second-order valence-electron chi connectivity index (χ2n) is 3.43. The van der Waals surface area contributed by atoms with Crippen molar-refractivity contribution in [1.82, 2.24) is 10.2 Å². The molecule has 1 amide bonds. The fourth-order valence-corrected chi connectivity index (χ4v) is 1.46. The molecule has 1 heterocycles. The zero-order valence-electron chi connectivity index (χ0n) is 8.17. The third-order valence-electron chi connectivity index (χ3n) is 2.26. The van der Waals surface area contributed by atoms with Gasteiger partial charge in [0.1, 0.15) is 0 Å². The fourth-order valence-electron chi connectivity index (χ4n) is 1.46. The Bertz CT molecular complexity index is 283. The number of likely N-dealkylation sites (tertiary alicyclic amines) is 1. The summed E-state index contributed by atoms with van der Waals surface area (Å²) in [5.41, 5.74) is 0. The number of amides is 1. The van der Waals surface area contributed by atoms with Gasteiger partial charge in [-0.1, -0.05) is 0 Å². The predicted molar refractivity (Wildman–Crippen MR) is 46.6 cm³/mol. The minimum absolute atomic E-state index is 0.0999. The van der Waals surface area contributed by atoms with Gasteiger partial charge in [-0.15, -0.1) is 0 Å². The zero-order chi connectivity index (χ0) is 11.6. The molecule has 0 spiro atoms. The van der Waals surface area contributed by atoms with Gasteiger partial charge < -0.3 is 10.0 Å². The molecule has 0 aliphatic carbocycles. The second kappa shape index (κ2) is 4.09. The first-order valence-corrected chi connectivity index (χ1v) is 4.44. The highest BCUT2D eigenvalue weighted by Gasteiger charge is 2.42. The number of carbonyl (C=O) groups excluding carboxylic acids is 1. The number of carboxylic acid groups (broad SMARTS) is 1. The van der Waals surface area contributed by atoms with Gasteiger partial charge in [0.2, 0.25) is 0 Å². The molecule has 0 aromatic rings. The van der Waals surface area contributed by atoms with Crippen molar-refractivity contribution < 1.29 is 23.5 Å². The summed E-state index contributed by atoms with van der Waals surface area (Å²) in [7, 11) is 1.30. The van der Waals surface area contributed by atoms with Crippen molar-refractivity contribution in [3.8, 4) is 0 Å². The largest absolute Gasteiger partial charge is 0.480 e. The van der Waals surface area contributed by atoms with Crippen LogP contribution in [0.15, 0.2) is 0 Å². The molecule has 1 unspecified atom stereocenters. The number of rotatable bonds is 3. The van der Waals surface area contributed by atoms with Crippen molar-refractivity contribution >= 4 is 11.9 Å². The minimum Gasteiger partial charge on any atom is -0.480 e. The maximum absolute atomic E-state index is 12.8. The fraction of sp³-hybridized carbons (Fsp3) is 0.750. The first-order valence-electron chi connectivity index (χ1n) is 4.44. The smallest absolute Gasteiger partial charge is 0.330 e. The van der Waals surface area contributed by atoms with Crippen molar-refractivity contribution in [2.24, 2.45) is 0 Å². The van der Waals surface area contributed by atoms with E-state index < -0.39 is 36.8 Å². The summed E-state index contributed by atoms with van der Waals surface area (Å²) >= 11 is 0. The number of carbonyl (C=O) groups is 2. The molecule has 1 saturated heterocycles. The molecule has 0 aromatic heterocycles. The molecule has 0 saturated carbocycles. The molecule has 0 bridgehead atoms. The molecule has 86 valence electrons. The van der Waals surface area contributed by atoms with Crippen molar-refractivity contribution in [2.45, 2.75) is 18.4 Å². The van der Waals surface area contributed by atoms with Crippen LogP contribution < -0.4 is 5.32 Å². The zero-order valence-corrected chi connectivity index (χ0v) is 8.17. The van der Waals surface area contributed by atoms with Gasteiger partial charge in [0.25, 0.3) is 11.8 Å². The number of likely N-dealkylation sites (N-methyl/N-ethyl adjacent to an activating group) is 1. The van der Waals surface area contributed by atoms with Crippen LogP contribution in [-0.4, -0.2) is 54.0 Å². The lowest BCUT2D eigenvalue weighted by Gasteiger charge is -2.20. The van der Waals surface area contributed by atoms with Gasteiger partial charge in [-0.3, -0.25) is 10.1 Å². The lowest BCUT2D eigenvalue weighted by atomic mass is 10.2. The highest BCUT2D eigenvalue weighted by molar-refractivity contribution is 6.01. The summed E-state index contributed by atoms with van der Waals surface area (Å²) in [4.78, 5) is 22.9. The van der Waals surface area contributed by atoms with E-state index in [1.165, 1.54) is 7.05 Å². The Hall–Kier alpha value is -1.24. The minimum atomic E-state index is -2.90. The average molecular weight is 222 g/mol. The molecule has 1 rings (SSSR count). The summed E-state index contributed by atoms with van der Waals surface area (Å²) < 4.78 is 25.5. The number of nitrogens with one attached hydrogen (secondary N) is 1. The maximum Gasteiger partial charge on any atom is 0.330 e. The van der Waals surface area contributed by atoms with E-state index in [-0.39, 0.29) is 6.54 Å². The quantitative estimate of drug-likeness (QED) is 0.633. The van der Waals surface area contributed by atoms with Crippen LogP contribution >= 0.6 is 0 Å². The number of nitrogens with zero attached hydrogens (tertiary/aromatic N) is 1. The van der Waals surface area contributed by atoms with Crippen molar-refractivity contribution in [2.75, 3.05) is 20.1 Å². The first-order chi connectivity index (χ1) is 6.87. The lowest BCUT2D eigenvalue weighted by Crippen LogP contribution is -2.49. The Kier molecular flexibility index (Phi) is 3.23. The summed E-state index contributed by atoms with van der Waals surface area (Å²) in [6.07, 6.45) is -0.408. The maximum atomic E-state index is 12.8. The van der Waals surface area contributed by atoms with Gasteiger partial charge in [0, 0.05) is 13.0 Å². The molecule has 1 fully saturated rings. The van der Waals surface area contributed by atoms with Crippen LogP contribution in [0.25, 0.3) is 0 Å². The van der Waals surface area contributed by atoms with Crippen molar-refractivity contribution in [3.63, 3.8) is 0 Å². The highest BCUT2D eigenvalue weighted by Crippen LogP contribution is 2.26. The molecule has 5 nitrogen and oxygen atoms in total. The van der Waals surface area contributed by atoms with E-state index in [4.69, 9.17) is 5.11 Å². The van der Waals surface area contributed by atoms with Crippen LogP contribution in [0.5, 0.6) is 0 Å². The van der Waals surface area contributed by atoms with Crippen LogP contribution in [-0.2, 0) is 9.59 Å². The van der Waals surface area contributed by atoms with Crippen LogP contribution in [0.4, 0.5) is 8.78 Å². The monoisotopic (exact) mass is 222 g/mol. The van der Waals surface area contributed by atoms with Gasteiger partial charge >= 0.3 is 5.97 Å². The van der Waals surface area contributed by atoms with Crippen molar-refractivity contribution in [3.05, 3.63) is 0 Å². The Morgan fingerprint density at radius 1 is 1.53 bits per heavy atom. The molecule has 1 aliphatic rings. The summed E-state index contributed by atoms with van der Waals surface area (Å²) in [6.45, 7) is -0.797. The Labute approximate surface area is 85.0 Å². The van der Waals surface area contributed by atoms with Crippen LogP contribution in [0.3, 0.4) is 0 Å². The topological polar surface area (TPSA) is 69.6 Å².